The SMILES string of the molecule is CSc1nc(-c2cc(C)c(O)c(C)c2)c(C2CCCCC2)s1. The van der Waals surface area contributed by atoms with Crippen LogP contribution in [0, 0.1) is 13.8 Å². The zero-order valence-electron chi connectivity index (χ0n) is 13.5. The van der Waals surface area contributed by atoms with E-state index in [2.05, 4.69) is 18.4 Å². The number of benzene rings is 1. The van der Waals surface area contributed by atoms with Crippen LogP contribution in [0.15, 0.2) is 16.5 Å². The van der Waals surface area contributed by atoms with E-state index in [9.17, 15) is 5.11 Å². The number of phenols is 1. The summed E-state index contributed by atoms with van der Waals surface area (Å²) in [6, 6.07) is 4.15. The maximum Gasteiger partial charge on any atom is 0.150 e. The van der Waals surface area contributed by atoms with Gasteiger partial charge in [0.2, 0.25) is 0 Å². The molecule has 1 saturated carbocycles. The van der Waals surface area contributed by atoms with Crippen LogP contribution in [0.2, 0.25) is 0 Å². The van der Waals surface area contributed by atoms with Gasteiger partial charge in [0.15, 0.2) is 4.34 Å². The molecule has 1 aliphatic rings. The first-order valence-corrected chi connectivity index (χ1v) is 9.99. The number of thiazole rings is 1. The Morgan fingerprint density at radius 1 is 1.14 bits per heavy atom. The third kappa shape index (κ3) is 3.04. The first-order valence-electron chi connectivity index (χ1n) is 7.95. The molecule has 0 radical (unpaired) electrons. The standard InChI is InChI=1S/C18H23NOS2/c1-11-9-14(10-12(2)16(11)20)15-17(22-18(19-15)21-3)13-7-5-4-6-8-13/h9-10,13,20H,4-8H2,1-3H3. The fourth-order valence-electron chi connectivity index (χ4n) is 3.34. The van der Waals surface area contributed by atoms with Crippen molar-refractivity contribution in [3.63, 3.8) is 0 Å². The number of aromatic nitrogens is 1. The lowest BCUT2D eigenvalue weighted by atomic mass is 9.86. The van der Waals surface area contributed by atoms with E-state index < -0.39 is 0 Å². The van der Waals surface area contributed by atoms with Gasteiger partial charge in [-0.3, -0.25) is 0 Å². The lowest BCUT2D eigenvalue weighted by molar-refractivity contribution is 0.448. The van der Waals surface area contributed by atoms with Gasteiger partial charge in [0, 0.05) is 10.4 Å². The van der Waals surface area contributed by atoms with E-state index in [4.69, 9.17) is 4.98 Å². The van der Waals surface area contributed by atoms with Crippen molar-refractivity contribution in [2.45, 2.75) is 56.2 Å². The van der Waals surface area contributed by atoms with Crippen molar-refractivity contribution in [2.75, 3.05) is 6.26 Å². The summed E-state index contributed by atoms with van der Waals surface area (Å²) in [5.74, 6) is 1.07. The Morgan fingerprint density at radius 2 is 1.77 bits per heavy atom. The monoisotopic (exact) mass is 333 g/mol. The van der Waals surface area contributed by atoms with Crippen molar-refractivity contribution in [3.05, 3.63) is 28.1 Å². The fourth-order valence-corrected chi connectivity index (χ4v) is 5.11. The van der Waals surface area contributed by atoms with Gasteiger partial charge in [0.05, 0.1) is 5.69 Å². The Labute approximate surface area is 141 Å². The summed E-state index contributed by atoms with van der Waals surface area (Å²) in [5.41, 5.74) is 4.17. The smallest absolute Gasteiger partial charge is 0.150 e. The second-order valence-corrected chi connectivity index (χ2v) is 8.27. The molecule has 0 bridgehead atoms. The highest BCUT2D eigenvalue weighted by Crippen LogP contribution is 2.43. The molecule has 2 aromatic rings. The summed E-state index contributed by atoms with van der Waals surface area (Å²) in [7, 11) is 0. The van der Waals surface area contributed by atoms with Crippen LogP contribution in [0.4, 0.5) is 0 Å². The fraction of sp³-hybridized carbons (Fsp3) is 0.500. The minimum absolute atomic E-state index is 0.406. The van der Waals surface area contributed by atoms with E-state index in [1.54, 1.807) is 11.8 Å². The number of nitrogens with zero attached hydrogens (tertiary/aromatic N) is 1. The highest BCUT2D eigenvalue weighted by molar-refractivity contribution is 8.00. The van der Waals surface area contributed by atoms with E-state index in [1.165, 1.54) is 37.0 Å². The molecule has 1 fully saturated rings. The molecule has 22 heavy (non-hydrogen) atoms. The molecule has 0 spiro atoms. The van der Waals surface area contributed by atoms with Crippen molar-refractivity contribution in [3.8, 4) is 17.0 Å². The lowest BCUT2D eigenvalue weighted by Gasteiger charge is -2.21. The Balaban J connectivity index is 2.07. The molecular weight excluding hydrogens is 310 g/mol. The molecular formula is C18H23NOS2. The number of rotatable bonds is 3. The van der Waals surface area contributed by atoms with Crippen LogP contribution >= 0.6 is 23.1 Å². The first-order chi connectivity index (χ1) is 10.6. The van der Waals surface area contributed by atoms with Gasteiger partial charge >= 0.3 is 0 Å². The molecule has 118 valence electrons. The summed E-state index contributed by atoms with van der Waals surface area (Å²) in [5, 5.41) is 10.0. The molecule has 3 rings (SSSR count). The summed E-state index contributed by atoms with van der Waals surface area (Å²) >= 11 is 3.60. The second-order valence-electron chi connectivity index (χ2n) is 6.19. The predicted octanol–water partition coefficient (Wildman–Crippen LogP) is 5.90. The molecule has 0 atom stereocenters. The quantitative estimate of drug-likeness (QED) is 0.710. The molecule has 1 aromatic heterocycles. The minimum atomic E-state index is 0.406. The molecule has 0 amide bonds. The summed E-state index contributed by atoms with van der Waals surface area (Å²) in [6.45, 7) is 3.93. The lowest BCUT2D eigenvalue weighted by Crippen LogP contribution is -2.04. The summed E-state index contributed by atoms with van der Waals surface area (Å²) in [6.07, 6.45) is 8.73. The number of hydrogen-bond donors (Lipinski definition) is 1. The second kappa shape index (κ2) is 6.63. The molecule has 1 aromatic carbocycles. The Kier molecular flexibility index (Phi) is 4.79. The highest BCUT2D eigenvalue weighted by atomic mass is 32.2. The topological polar surface area (TPSA) is 33.1 Å². The number of thioether (sulfide) groups is 1. The van der Waals surface area contributed by atoms with Gasteiger partial charge in [-0.1, -0.05) is 31.0 Å². The molecule has 0 aliphatic heterocycles. The average molecular weight is 334 g/mol. The van der Waals surface area contributed by atoms with Crippen LogP contribution < -0.4 is 0 Å². The third-order valence-electron chi connectivity index (χ3n) is 4.55. The average Bonchev–Trinajstić information content (AvgIpc) is 2.97. The highest BCUT2D eigenvalue weighted by Gasteiger charge is 2.23. The van der Waals surface area contributed by atoms with Gasteiger partial charge < -0.3 is 5.11 Å². The van der Waals surface area contributed by atoms with Gasteiger partial charge in [-0.05, 0) is 62.1 Å². The van der Waals surface area contributed by atoms with E-state index in [-0.39, 0.29) is 0 Å². The van der Waals surface area contributed by atoms with Crippen LogP contribution in [-0.2, 0) is 0 Å². The molecule has 0 saturated heterocycles. The van der Waals surface area contributed by atoms with Gasteiger partial charge in [-0.2, -0.15) is 0 Å². The van der Waals surface area contributed by atoms with Crippen molar-refractivity contribution >= 4 is 23.1 Å². The Bertz CT molecular complexity index is 649. The maximum absolute atomic E-state index is 10.0. The van der Waals surface area contributed by atoms with Crippen molar-refractivity contribution in [2.24, 2.45) is 0 Å². The molecule has 2 nitrogen and oxygen atoms in total. The molecule has 1 aliphatic carbocycles. The number of aryl methyl sites for hydroxylation is 2. The van der Waals surface area contributed by atoms with Gasteiger partial charge in [0.25, 0.3) is 0 Å². The van der Waals surface area contributed by atoms with Crippen LogP contribution in [0.1, 0.15) is 54.0 Å². The van der Waals surface area contributed by atoms with E-state index in [1.807, 2.05) is 25.2 Å². The molecule has 4 heteroatoms. The van der Waals surface area contributed by atoms with Crippen molar-refractivity contribution < 1.29 is 5.11 Å². The predicted molar refractivity (Wildman–Crippen MR) is 96.3 cm³/mol. The van der Waals surface area contributed by atoms with Crippen LogP contribution in [0.3, 0.4) is 0 Å². The van der Waals surface area contributed by atoms with Crippen molar-refractivity contribution in [1.82, 2.24) is 4.98 Å². The Hall–Kier alpha value is -1.00. The number of aromatic hydroxyl groups is 1. The summed E-state index contributed by atoms with van der Waals surface area (Å²) < 4.78 is 1.15. The maximum atomic E-state index is 10.0. The summed E-state index contributed by atoms with van der Waals surface area (Å²) in [4.78, 5) is 6.34. The van der Waals surface area contributed by atoms with E-state index in [0.29, 0.717) is 11.7 Å². The molecule has 1 N–H and O–H groups in total. The first kappa shape index (κ1) is 15.9. The zero-order valence-corrected chi connectivity index (χ0v) is 15.1. The number of hydrogen-bond acceptors (Lipinski definition) is 4. The third-order valence-corrected chi connectivity index (χ3v) is 6.75. The van der Waals surface area contributed by atoms with Crippen LogP contribution in [0.25, 0.3) is 11.3 Å². The van der Waals surface area contributed by atoms with E-state index in [0.717, 1.165) is 26.7 Å². The zero-order chi connectivity index (χ0) is 15.7. The van der Waals surface area contributed by atoms with Gasteiger partial charge in [-0.15, -0.1) is 11.3 Å². The molecule has 0 unspecified atom stereocenters. The molecule has 1 heterocycles. The Morgan fingerprint density at radius 3 is 2.36 bits per heavy atom. The van der Waals surface area contributed by atoms with Gasteiger partial charge in [-0.25, -0.2) is 4.98 Å². The van der Waals surface area contributed by atoms with Gasteiger partial charge in [0.1, 0.15) is 5.75 Å². The minimum Gasteiger partial charge on any atom is -0.507 e. The van der Waals surface area contributed by atoms with E-state index >= 15 is 0 Å². The van der Waals surface area contributed by atoms with Crippen LogP contribution in [-0.4, -0.2) is 16.3 Å². The number of phenolic OH excluding ortho intramolecular Hbond substituents is 1. The van der Waals surface area contributed by atoms with Crippen molar-refractivity contribution in [1.29, 1.82) is 0 Å². The largest absolute Gasteiger partial charge is 0.507 e. The van der Waals surface area contributed by atoms with Crippen LogP contribution in [0.5, 0.6) is 5.75 Å². The normalized spacial score (nSPS) is 16.1.